The van der Waals surface area contributed by atoms with Gasteiger partial charge in [0.25, 0.3) is 0 Å². The Bertz CT molecular complexity index is 548. The van der Waals surface area contributed by atoms with Crippen LogP contribution < -0.4 is 0 Å². The number of nitrogens with zero attached hydrogens (tertiary/aromatic N) is 3. The summed E-state index contributed by atoms with van der Waals surface area (Å²) in [5.74, 6) is -0.0500. The second kappa shape index (κ2) is 6.22. The van der Waals surface area contributed by atoms with Crippen molar-refractivity contribution in [3.8, 4) is 11.3 Å². The molecule has 0 bridgehead atoms. The van der Waals surface area contributed by atoms with Crippen molar-refractivity contribution in [3.05, 3.63) is 36.3 Å². The van der Waals surface area contributed by atoms with Crippen LogP contribution in [0, 0.1) is 5.82 Å². The fourth-order valence-corrected chi connectivity index (χ4v) is 1.81. The molecule has 4 nitrogen and oxygen atoms in total. The first-order valence-corrected chi connectivity index (χ1v) is 6.30. The Kier molecular flexibility index (Phi) is 4.39. The Balaban J connectivity index is 1.91. The average molecular weight is 261 g/mol. The normalized spacial score (nSPS) is 10.6. The molecule has 0 amide bonds. The highest BCUT2D eigenvalue weighted by Gasteiger charge is 2.04. The van der Waals surface area contributed by atoms with Gasteiger partial charge in [-0.3, -0.25) is 4.68 Å². The van der Waals surface area contributed by atoms with E-state index in [1.807, 2.05) is 6.20 Å². The summed E-state index contributed by atoms with van der Waals surface area (Å²) in [6.45, 7) is 2.34. The highest BCUT2D eigenvalue weighted by Crippen LogP contribution is 2.16. The molecule has 5 heteroatoms. The van der Waals surface area contributed by atoms with Gasteiger partial charge in [0.1, 0.15) is 17.3 Å². The van der Waals surface area contributed by atoms with E-state index in [0.29, 0.717) is 6.42 Å². The van der Waals surface area contributed by atoms with Crippen molar-refractivity contribution in [2.75, 3.05) is 0 Å². The summed E-state index contributed by atoms with van der Waals surface area (Å²) in [5.41, 5.74) is 1.57. The van der Waals surface area contributed by atoms with Crippen molar-refractivity contribution in [2.24, 2.45) is 0 Å². The SMILES string of the molecule is CC(=O)CCCCn1cc(-c2ccc(F)cc2)nn1. The third kappa shape index (κ3) is 3.98. The first-order valence-electron chi connectivity index (χ1n) is 6.30. The predicted octanol–water partition coefficient (Wildman–Crippen LogP) is 2.84. The molecule has 0 aliphatic carbocycles. The number of rotatable bonds is 6. The number of Topliss-reactive ketones (excluding diaryl/α,β-unsaturated/α-hetero) is 1. The maximum atomic E-state index is 12.8. The number of carbonyl (C=O) groups excluding carboxylic acids is 1. The van der Waals surface area contributed by atoms with Crippen molar-refractivity contribution in [3.63, 3.8) is 0 Å². The minimum Gasteiger partial charge on any atom is -0.300 e. The van der Waals surface area contributed by atoms with Crippen LogP contribution in [0.5, 0.6) is 0 Å². The summed E-state index contributed by atoms with van der Waals surface area (Å²) in [6, 6.07) is 6.17. The Hall–Kier alpha value is -2.04. The van der Waals surface area contributed by atoms with E-state index < -0.39 is 0 Å². The zero-order valence-corrected chi connectivity index (χ0v) is 10.8. The molecular formula is C14H16FN3O. The van der Waals surface area contributed by atoms with Gasteiger partial charge < -0.3 is 4.79 Å². The lowest BCUT2D eigenvalue weighted by Gasteiger charge is -1.98. The Morgan fingerprint density at radius 3 is 2.68 bits per heavy atom. The Morgan fingerprint density at radius 1 is 1.26 bits per heavy atom. The molecule has 0 N–H and O–H groups in total. The van der Waals surface area contributed by atoms with Crippen molar-refractivity contribution in [1.29, 1.82) is 0 Å². The zero-order valence-electron chi connectivity index (χ0n) is 10.8. The topological polar surface area (TPSA) is 47.8 Å². The van der Waals surface area contributed by atoms with Crippen LogP contribution in [0.4, 0.5) is 4.39 Å². The minimum atomic E-state index is -0.264. The molecule has 19 heavy (non-hydrogen) atoms. The maximum Gasteiger partial charge on any atom is 0.129 e. The van der Waals surface area contributed by atoms with Gasteiger partial charge in [-0.1, -0.05) is 5.21 Å². The molecule has 1 heterocycles. The number of ketones is 1. The van der Waals surface area contributed by atoms with Gasteiger partial charge in [0.2, 0.25) is 0 Å². The quantitative estimate of drug-likeness (QED) is 0.751. The largest absolute Gasteiger partial charge is 0.300 e. The Morgan fingerprint density at radius 2 is 2.00 bits per heavy atom. The maximum absolute atomic E-state index is 12.8. The molecule has 2 rings (SSSR count). The molecule has 100 valence electrons. The van der Waals surface area contributed by atoms with Crippen LogP contribution in [0.15, 0.2) is 30.5 Å². The molecule has 0 aliphatic heterocycles. The van der Waals surface area contributed by atoms with Gasteiger partial charge in [0, 0.05) is 18.5 Å². The van der Waals surface area contributed by atoms with E-state index in [0.717, 1.165) is 30.6 Å². The number of aromatic nitrogens is 3. The second-order valence-corrected chi connectivity index (χ2v) is 4.53. The van der Waals surface area contributed by atoms with Crippen molar-refractivity contribution in [1.82, 2.24) is 15.0 Å². The fourth-order valence-electron chi connectivity index (χ4n) is 1.81. The van der Waals surface area contributed by atoms with Gasteiger partial charge in [-0.25, -0.2) is 4.39 Å². The monoisotopic (exact) mass is 261 g/mol. The third-order valence-corrected chi connectivity index (χ3v) is 2.84. The highest BCUT2D eigenvalue weighted by atomic mass is 19.1. The zero-order chi connectivity index (χ0) is 13.7. The lowest BCUT2D eigenvalue weighted by atomic mass is 10.2. The van der Waals surface area contributed by atoms with Gasteiger partial charge >= 0.3 is 0 Å². The van der Waals surface area contributed by atoms with Crippen LogP contribution in [0.2, 0.25) is 0 Å². The van der Waals surface area contributed by atoms with E-state index in [9.17, 15) is 9.18 Å². The van der Waals surface area contributed by atoms with E-state index in [1.54, 1.807) is 23.7 Å². The smallest absolute Gasteiger partial charge is 0.129 e. The van der Waals surface area contributed by atoms with E-state index in [-0.39, 0.29) is 11.6 Å². The van der Waals surface area contributed by atoms with Gasteiger partial charge in [0.05, 0.1) is 6.20 Å². The molecular weight excluding hydrogens is 245 g/mol. The number of aryl methyl sites for hydroxylation is 1. The molecule has 0 saturated carbocycles. The molecule has 0 aliphatic rings. The predicted molar refractivity (Wildman–Crippen MR) is 69.9 cm³/mol. The van der Waals surface area contributed by atoms with Gasteiger partial charge in [-0.15, -0.1) is 5.10 Å². The molecule has 1 aromatic carbocycles. The van der Waals surface area contributed by atoms with Crippen LogP contribution >= 0.6 is 0 Å². The summed E-state index contributed by atoms with van der Waals surface area (Å²) in [7, 11) is 0. The molecule has 0 atom stereocenters. The lowest BCUT2D eigenvalue weighted by Crippen LogP contribution is -2.00. The number of halogens is 1. The van der Waals surface area contributed by atoms with E-state index >= 15 is 0 Å². The Labute approximate surface area is 111 Å². The molecule has 0 unspecified atom stereocenters. The van der Waals surface area contributed by atoms with Gasteiger partial charge in [-0.2, -0.15) is 0 Å². The van der Waals surface area contributed by atoms with Crippen molar-refractivity contribution < 1.29 is 9.18 Å². The van der Waals surface area contributed by atoms with Gasteiger partial charge in [-0.05, 0) is 44.0 Å². The van der Waals surface area contributed by atoms with Crippen LogP contribution in [0.25, 0.3) is 11.3 Å². The molecule has 0 radical (unpaired) electrons. The minimum absolute atomic E-state index is 0.214. The van der Waals surface area contributed by atoms with E-state index in [4.69, 9.17) is 0 Å². The van der Waals surface area contributed by atoms with Gasteiger partial charge in [0.15, 0.2) is 0 Å². The van der Waals surface area contributed by atoms with Crippen LogP contribution in [-0.2, 0) is 11.3 Å². The average Bonchev–Trinajstić information content (AvgIpc) is 2.84. The highest BCUT2D eigenvalue weighted by molar-refractivity contribution is 5.75. The fraction of sp³-hybridized carbons (Fsp3) is 0.357. The second-order valence-electron chi connectivity index (χ2n) is 4.53. The molecule has 1 aromatic heterocycles. The number of carbonyl (C=O) groups is 1. The van der Waals surface area contributed by atoms with Crippen molar-refractivity contribution in [2.45, 2.75) is 32.7 Å². The summed E-state index contributed by atoms with van der Waals surface area (Å²) >= 11 is 0. The van der Waals surface area contributed by atoms with E-state index in [1.165, 1.54) is 12.1 Å². The molecule has 2 aromatic rings. The standard InChI is InChI=1S/C14H16FN3O/c1-11(19)4-2-3-9-18-10-14(16-17-18)12-5-7-13(15)8-6-12/h5-8,10H,2-4,9H2,1H3. The lowest BCUT2D eigenvalue weighted by molar-refractivity contribution is -0.117. The number of hydrogen-bond acceptors (Lipinski definition) is 3. The summed E-state index contributed by atoms with van der Waals surface area (Å²) < 4.78 is 14.6. The molecule has 0 spiro atoms. The van der Waals surface area contributed by atoms with E-state index in [2.05, 4.69) is 10.3 Å². The third-order valence-electron chi connectivity index (χ3n) is 2.84. The summed E-state index contributed by atoms with van der Waals surface area (Å²) in [4.78, 5) is 10.8. The molecule has 0 fully saturated rings. The number of hydrogen-bond donors (Lipinski definition) is 0. The summed E-state index contributed by atoms with van der Waals surface area (Å²) in [6.07, 6.45) is 4.20. The molecule has 0 saturated heterocycles. The first-order chi connectivity index (χ1) is 9.15. The first kappa shape index (κ1) is 13.4. The van der Waals surface area contributed by atoms with Crippen LogP contribution in [0.3, 0.4) is 0 Å². The van der Waals surface area contributed by atoms with Crippen LogP contribution in [0.1, 0.15) is 26.2 Å². The van der Waals surface area contributed by atoms with Crippen LogP contribution in [-0.4, -0.2) is 20.8 Å². The number of benzene rings is 1. The summed E-state index contributed by atoms with van der Waals surface area (Å²) in [5, 5.41) is 8.07. The van der Waals surface area contributed by atoms with Crippen molar-refractivity contribution >= 4 is 5.78 Å². The number of unbranched alkanes of at least 4 members (excludes halogenated alkanes) is 1.